The molecule has 3 atom stereocenters. The molecule has 0 radical (unpaired) electrons. The summed E-state index contributed by atoms with van der Waals surface area (Å²) < 4.78 is 10.6. The van der Waals surface area contributed by atoms with E-state index in [0.717, 1.165) is 5.70 Å². The second-order valence-corrected chi connectivity index (χ2v) is 8.47. The molecule has 12 heteroatoms. The molecule has 0 bridgehead atoms. The number of hydrogen-bond donors (Lipinski definition) is 5. The number of carbonyl (C=O) groups excluding carboxylic acids is 1. The van der Waals surface area contributed by atoms with Crippen LogP contribution < -0.4 is 21.3 Å². The fraction of sp³-hybridized carbons (Fsp3) is 0.292. The summed E-state index contributed by atoms with van der Waals surface area (Å²) in [6, 6.07) is 5.66. The van der Waals surface area contributed by atoms with Crippen molar-refractivity contribution in [2.24, 2.45) is 10.1 Å². The number of aliphatic hydroxyl groups is 1. The monoisotopic (exact) mass is 513 g/mol. The largest absolute Gasteiger partial charge is 0.468 e. The maximum absolute atomic E-state index is 12.5. The summed E-state index contributed by atoms with van der Waals surface area (Å²) in [7, 11) is 0. The number of nitrogens with one attached hydrogen (secondary N) is 4. The van der Waals surface area contributed by atoms with Crippen LogP contribution in [0.1, 0.15) is 11.6 Å². The van der Waals surface area contributed by atoms with Crippen molar-refractivity contribution in [3.8, 4) is 0 Å². The summed E-state index contributed by atoms with van der Waals surface area (Å²) in [5.74, 6) is 0.978. The number of ether oxygens (including phenoxy) is 2. The Morgan fingerprint density at radius 1 is 1.42 bits per heavy atom. The highest BCUT2D eigenvalue weighted by molar-refractivity contribution is 6.30. The Hall–Kier alpha value is -3.80. The van der Waals surface area contributed by atoms with Crippen LogP contribution in [-0.2, 0) is 9.47 Å². The van der Waals surface area contributed by atoms with E-state index in [1.807, 2.05) is 18.2 Å². The molecule has 3 aliphatic heterocycles. The van der Waals surface area contributed by atoms with Crippen LogP contribution in [0.5, 0.6) is 0 Å². The fourth-order valence-corrected chi connectivity index (χ4v) is 3.81. The maximum Gasteiger partial charge on any atom is 0.315 e. The number of nitrogens with zero attached hydrogens (tertiary/aromatic N) is 3. The number of aliphatic imine (C=N–C) groups is 1. The van der Waals surface area contributed by atoms with Gasteiger partial charge in [0.15, 0.2) is 6.79 Å². The molecule has 2 amide bonds. The summed E-state index contributed by atoms with van der Waals surface area (Å²) in [4.78, 5) is 16.9. The van der Waals surface area contributed by atoms with Gasteiger partial charge in [0.1, 0.15) is 11.9 Å². The van der Waals surface area contributed by atoms with Gasteiger partial charge in [0.05, 0.1) is 31.8 Å². The van der Waals surface area contributed by atoms with Gasteiger partial charge in [-0.25, -0.2) is 9.79 Å². The lowest BCUT2D eigenvalue weighted by Gasteiger charge is -2.29. The minimum absolute atomic E-state index is 0.137. The highest BCUT2D eigenvalue weighted by Crippen LogP contribution is 2.17. The number of halogens is 1. The minimum Gasteiger partial charge on any atom is -0.468 e. The summed E-state index contributed by atoms with van der Waals surface area (Å²) in [5, 5.41) is 28.5. The summed E-state index contributed by atoms with van der Waals surface area (Å²) in [6.07, 6.45) is 10.4. The van der Waals surface area contributed by atoms with Gasteiger partial charge in [-0.3, -0.25) is 5.01 Å². The third-order valence-electron chi connectivity index (χ3n) is 5.33. The first-order valence-corrected chi connectivity index (χ1v) is 11.7. The quantitative estimate of drug-likeness (QED) is 0.391. The van der Waals surface area contributed by atoms with Crippen LogP contribution in [0, 0.1) is 0 Å². The van der Waals surface area contributed by atoms with E-state index in [0.29, 0.717) is 35.5 Å². The van der Waals surface area contributed by atoms with E-state index in [-0.39, 0.29) is 25.6 Å². The third-order valence-corrected chi connectivity index (χ3v) is 5.57. The molecule has 3 heterocycles. The van der Waals surface area contributed by atoms with E-state index >= 15 is 0 Å². The second kappa shape index (κ2) is 12.2. The van der Waals surface area contributed by atoms with E-state index in [9.17, 15) is 9.90 Å². The molecular formula is C24H28ClN7O4. The van der Waals surface area contributed by atoms with Gasteiger partial charge in [-0.05, 0) is 29.8 Å². The molecule has 36 heavy (non-hydrogen) atoms. The van der Waals surface area contributed by atoms with Crippen LogP contribution in [0.4, 0.5) is 4.79 Å². The van der Waals surface area contributed by atoms with Crippen molar-refractivity contribution in [1.82, 2.24) is 26.3 Å². The predicted molar refractivity (Wildman–Crippen MR) is 137 cm³/mol. The molecule has 4 rings (SSSR count). The van der Waals surface area contributed by atoms with Crippen LogP contribution in [0.3, 0.4) is 0 Å². The third kappa shape index (κ3) is 7.11. The first-order chi connectivity index (χ1) is 17.5. The number of rotatable bonds is 6. The number of aliphatic hydroxyl groups excluding tert-OH is 1. The van der Waals surface area contributed by atoms with Crippen LogP contribution in [0.25, 0.3) is 0 Å². The molecule has 0 aromatic heterocycles. The predicted octanol–water partition coefficient (Wildman–Crippen LogP) is 1.69. The zero-order valence-corrected chi connectivity index (χ0v) is 20.2. The van der Waals surface area contributed by atoms with Gasteiger partial charge >= 0.3 is 6.03 Å². The number of urea groups is 1. The fourth-order valence-electron chi connectivity index (χ4n) is 3.61. The molecule has 1 aromatic rings. The molecular weight excluding hydrogens is 486 g/mol. The van der Waals surface area contributed by atoms with E-state index in [1.54, 1.807) is 47.8 Å². The Labute approximate surface area is 213 Å². The second-order valence-electron chi connectivity index (χ2n) is 8.04. The van der Waals surface area contributed by atoms with Crippen molar-refractivity contribution in [2.75, 3.05) is 26.6 Å². The molecule has 11 nitrogen and oxygen atoms in total. The molecule has 0 fully saturated rings. The Balaban J connectivity index is 1.28. The lowest BCUT2D eigenvalue weighted by molar-refractivity contribution is -0.00600. The van der Waals surface area contributed by atoms with Crippen LogP contribution in [0.15, 0.2) is 82.9 Å². The minimum atomic E-state index is -0.583. The molecule has 0 saturated heterocycles. The zero-order valence-electron chi connectivity index (χ0n) is 19.4. The number of guanidine groups is 1. The van der Waals surface area contributed by atoms with Gasteiger partial charge in [0.25, 0.3) is 0 Å². The van der Waals surface area contributed by atoms with Crippen LogP contribution in [-0.4, -0.2) is 67.1 Å². The standard InChI is InChI=1S/C24H28ClN7O4/c1-16-10-19(6-3-9-35-15-36-16)28-23-26-8-7-22(31-23)32-13-20(12-27-32)29-24(34)30-21(14-33)17-4-2-5-18(25)11-17/h2-8,10-12,20-22,33H,1,9,13-15H2,(H2,26,28,31)(H2,29,30,34)/b6-3-,19-10+/t20-,21+,22+/m0/s1. The molecule has 0 aliphatic carbocycles. The number of carbonyl (C=O) groups is 1. The molecule has 0 saturated carbocycles. The Kier molecular flexibility index (Phi) is 8.61. The number of hydrogen-bond acceptors (Lipinski definition) is 9. The van der Waals surface area contributed by atoms with Crippen molar-refractivity contribution >= 4 is 29.8 Å². The first-order valence-electron chi connectivity index (χ1n) is 11.3. The molecule has 0 unspecified atom stereocenters. The van der Waals surface area contributed by atoms with Crippen molar-refractivity contribution in [1.29, 1.82) is 0 Å². The van der Waals surface area contributed by atoms with Crippen LogP contribution in [0.2, 0.25) is 5.02 Å². The molecule has 5 N–H and O–H groups in total. The Bertz CT molecular complexity index is 1120. The van der Waals surface area contributed by atoms with E-state index < -0.39 is 12.1 Å². The van der Waals surface area contributed by atoms with Crippen molar-refractivity contribution < 1.29 is 19.4 Å². The summed E-state index contributed by atoms with van der Waals surface area (Å²) >= 11 is 6.02. The zero-order chi connectivity index (χ0) is 25.3. The number of amides is 2. The SMILES string of the molecule is C=C1/C=C(NC2=NC=C[C@@H](N3C[C@@H](NC(=O)N[C@H](CO)c4cccc(Cl)c4)C=N3)N2)\C=C/COCO1. The number of allylic oxidation sites excluding steroid dienone is 2. The van der Waals surface area contributed by atoms with Crippen molar-refractivity contribution in [3.05, 3.63) is 83.4 Å². The maximum atomic E-state index is 12.5. The van der Waals surface area contributed by atoms with E-state index in [4.69, 9.17) is 21.1 Å². The van der Waals surface area contributed by atoms with Gasteiger partial charge < -0.3 is 35.8 Å². The normalized spacial score (nSPS) is 24.6. The summed E-state index contributed by atoms with van der Waals surface area (Å²) in [6.45, 7) is 4.57. The van der Waals surface area contributed by atoms with Gasteiger partial charge in [0.2, 0.25) is 5.96 Å². The topological polar surface area (TPSA) is 132 Å². The van der Waals surface area contributed by atoms with Crippen molar-refractivity contribution in [3.63, 3.8) is 0 Å². The average Bonchev–Trinajstić information content (AvgIpc) is 3.35. The van der Waals surface area contributed by atoms with Gasteiger partial charge in [-0.15, -0.1) is 0 Å². The molecule has 1 aromatic carbocycles. The van der Waals surface area contributed by atoms with Crippen LogP contribution >= 0.6 is 11.6 Å². The highest BCUT2D eigenvalue weighted by atomic mass is 35.5. The highest BCUT2D eigenvalue weighted by Gasteiger charge is 2.27. The average molecular weight is 514 g/mol. The molecule has 0 spiro atoms. The first kappa shape index (κ1) is 25.3. The Morgan fingerprint density at radius 3 is 3.14 bits per heavy atom. The lowest BCUT2D eigenvalue weighted by Crippen LogP contribution is -2.52. The van der Waals surface area contributed by atoms with Crippen molar-refractivity contribution in [2.45, 2.75) is 18.2 Å². The van der Waals surface area contributed by atoms with Gasteiger partial charge in [-0.2, -0.15) is 5.10 Å². The summed E-state index contributed by atoms with van der Waals surface area (Å²) in [5.41, 5.74) is 1.44. The molecule has 3 aliphatic rings. The number of benzene rings is 1. The van der Waals surface area contributed by atoms with Gasteiger partial charge in [-0.1, -0.05) is 36.4 Å². The molecule has 190 valence electrons. The van der Waals surface area contributed by atoms with Gasteiger partial charge in [0, 0.05) is 29.2 Å². The van der Waals surface area contributed by atoms with E-state index in [1.165, 1.54) is 0 Å². The smallest absolute Gasteiger partial charge is 0.315 e. The lowest BCUT2D eigenvalue weighted by atomic mass is 10.1. The number of hydrazone groups is 1. The Morgan fingerprint density at radius 2 is 2.31 bits per heavy atom. The van der Waals surface area contributed by atoms with E-state index in [2.05, 4.69) is 37.9 Å².